The number of carbonyl (C=O) groups is 1. The predicted octanol–water partition coefficient (Wildman–Crippen LogP) is 15.0. The van der Waals surface area contributed by atoms with E-state index in [2.05, 4.69) is 144 Å². The van der Waals surface area contributed by atoms with Gasteiger partial charge in [0.2, 0.25) is 5.91 Å². The SMILES string of the molecule is CC(C)CCCCCCCCCCC(=O)NC(CO[Si](C(C)C)(C(C)C)C(C)C)(CO[Si](C(C)C)(C(C)C)C(C)C)CO[Si](C(C)C)(C(C)C)C(C)C. The van der Waals surface area contributed by atoms with Crippen LogP contribution < -0.4 is 5.32 Å². The van der Waals surface area contributed by atoms with Crippen molar-refractivity contribution in [1.29, 1.82) is 0 Å². The van der Waals surface area contributed by atoms with Crippen LogP contribution in [0.1, 0.15) is 203 Å². The Kier molecular flexibility index (Phi) is 24.7. The molecular formula is C45H97NO4Si3. The van der Waals surface area contributed by atoms with Crippen molar-refractivity contribution >= 4 is 30.9 Å². The molecule has 0 atom stereocenters. The first-order valence-electron chi connectivity index (χ1n) is 22.7. The average Bonchev–Trinajstić information content (AvgIpc) is 3.01. The molecular weight excluding hydrogens is 703 g/mol. The fourth-order valence-corrected chi connectivity index (χ4v) is 27.4. The van der Waals surface area contributed by atoms with Gasteiger partial charge in [-0.05, 0) is 62.2 Å². The molecule has 0 rings (SSSR count). The minimum atomic E-state index is -2.27. The van der Waals surface area contributed by atoms with Crippen LogP contribution in [-0.2, 0) is 18.1 Å². The van der Waals surface area contributed by atoms with Gasteiger partial charge in [0.25, 0.3) is 0 Å². The molecule has 5 nitrogen and oxygen atoms in total. The lowest BCUT2D eigenvalue weighted by Crippen LogP contribution is -2.65. The second-order valence-corrected chi connectivity index (χ2v) is 36.8. The predicted molar refractivity (Wildman–Crippen MR) is 243 cm³/mol. The zero-order valence-corrected chi connectivity index (χ0v) is 42.6. The molecule has 0 spiro atoms. The fraction of sp³-hybridized carbons (Fsp3) is 0.978. The van der Waals surface area contributed by atoms with Crippen molar-refractivity contribution in [3.8, 4) is 0 Å². The Balaban J connectivity index is 6.82. The van der Waals surface area contributed by atoms with Crippen molar-refractivity contribution < 1.29 is 18.1 Å². The van der Waals surface area contributed by atoms with E-state index in [0.717, 1.165) is 18.8 Å². The smallest absolute Gasteiger partial charge is 0.220 e. The Morgan fingerprint density at radius 1 is 0.415 bits per heavy atom. The molecule has 0 saturated heterocycles. The largest absolute Gasteiger partial charge is 0.413 e. The third kappa shape index (κ3) is 15.0. The van der Waals surface area contributed by atoms with Gasteiger partial charge in [-0.1, -0.05) is 190 Å². The summed E-state index contributed by atoms with van der Waals surface area (Å²) >= 11 is 0. The van der Waals surface area contributed by atoms with Crippen molar-refractivity contribution in [2.45, 2.75) is 258 Å². The van der Waals surface area contributed by atoms with Gasteiger partial charge in [0, 0.05) is 6.42 Å². The highest BCUT2D eigenvalue weighted by atomic mass is 28.4. The Morgan fingerprint density at radius 2 is 0.660 bits per heavy atom. The standard InChI is InChI=1S/C45H97NO4Si3/c1-34(2)29-27-25-23-21-22-24-26-28-30-44(47)46-45(31-48-51(35(3)4,36(5)6)37(7)8,32-49-52(38(9)10,39(11)12)40(13)14)33-50-53(41(15)16,42(17)18)43(19)20/h34-43H,21-33H2,1-20H3,(H,46,47). The monoisotopic (exact) mass is 800 g/mol. The van der Waals surface area contributed by atoms with Crippen molar-refractivity contribution in [2.75, 3.05) is 19.8 Å². The summed E-state index contributed by atoms with van der Waals surface area (Å²) in [4.78, 5) is 14.3. The highest BCUT2D eigenvalue weighted by Gasteiger charge is 2.52. The molecule has 0 aliphatic rings. The number of rotatable bonds is 30. The zero-order chi connectivity index (χ0) is 41.4. The molecule has 0 aromatic carbocycles. The summed E-state index contributed by atoms with van der Waals surface area (Å²) in [6.07, 6.45) is 11.8. The van der Waals surface area contributed by atoms with E-state index in [4.69, 9.17) is 13.3 Å². The molecule has 0 aliphatic carbocycles. The van der Waals surface area contributed by atoms with Gasteiger partial charge in [-0.3, -0.25) is 4.79 Å². The van der Waals surface area contributed by atoms with E-state index in [0.29, 0.717) is 76.1 Å². The van der Waals surface area contributed by atoms with Crippen LogP contribution in [0.2, 0.25) is 49.9 Å². The van der Waals surface area contributed by atoms with E-state index in [1.54, 1.807) is 0 Å². The summed E-state index contributed by atoms with van der Waals surface area (Å²) in [5, 5.41) is 3.69. The Morgan fingerprint density at radius 3 is 0.906 bits per heavy atom. The third-order valence-electron chi connectivity index (χ3n) is 13.3. The summed E-state index contributed by atoms with van der Waals surface area (Å²) in [7, 11) is -6.80. The van der Waals surface area contributed by atoms with Crippen LogP contribution in [0, 0.1) is 5.92 Å². The summed E-state index contributed by atoms with van der Waals surface area (Å²) < 4.78 is 22.4. The molecule has 53 heavy (non-hydrogen) atoms. The lowest BCUT2D eigenvalue weighted by molar-refractivity contribution is -0.125. The molecule has 0 bridgehead atoms. The molecule has 0 saturated carbocycles. The van der Waals surface area contributed by atoms with Crippen LogP contribution >= 0.6 is 0 Å². The first kappa shape index (κ1) is 53.0. The van der Waals surface area contributed by atoms with Gasteiger partial charge in [-0.15, -0.1) is 0 Å². The molecule has 1 N–H and O–H groups in total. The Bertz CT molecular complexity index is 823. The molecule has 0 unspecified atom stereocenters. The first-order valence-corrected chi connectivity index (χ1v) is 29.1. The minimum Gasteiger partial charge on any atom is -0.413 e. The molecule has 1 amide bonds. The maximum absolute atomic E-state index is 14.3. The van der Waals surface area contributed by atoms with Gasteiger partial charge in [0.15, 0.2) is 25.0 Å². The fourth-order valence-electron chi connectivity index (χ4n) is 10.8. The molecule has 0 heterocycles. The van der Waals surface area contributed by atoms with E-state index in [-0.39, 0.29) is 5.91 Å². The molecule has 0 aromatic heterocycles. The van der Waals surface area contributed by atoms with Gasteiger partial charge in [-0.25, -0.2) is 0 Å². The molecule has 0 aromatic rings. The van der Waals surface area contributed by atoms with E-state index < -0.39 is 30.5 Å². The highest BCUT2D eigenvalue weighted by Crippen LogP contribution is 2.46. The summed E-state index contributed by atoms with van der Waals surface area (Å²) in [5.74, 6) is 0.933. The van der Waals surface area contributed by atoms with Crippen molar-refractivity contribution in [1.82, 2.24) is 5.32 Å². The summed E-state index contributed by atoms with van der Waals surface area (Å²) in [5.41, 5.74) is 3.22. The van der Waals surface area contributed by atoms with Crippen LogP contribution in [0.4, 0.5) is 0 Å². The number of unbranched alkanes of at least 4 members (excludes halogenated alkanes) is 7. The lowest BCUT2D eigenvalue weighted by Gasteiger charge is -2.50. The average molecular weight is 801 g/mol. The van der Waals surface area contributed by atoms with Crippen LogP contribution in [0.15, 0.2) is 0 Å². The Hall–Kier alpha value is 0.000649. The first-order chi connectivity index (χ1) is 24.4. The summed E-state index contributed by atoms with van der Waals surface area (Å²) in [6.45, 7) is 48.3. The van der Waals surface area contributed by atoms with Gasteiger partial charge in [0.05, 0.1) is 19.8 Å². The molecule has 0 aliphatic heterocycles. The number of hydrogen-bond acceptors (Lipinski definition) is 4. The van der Waals surface area contributed by atoms with E-state index >= 15 is 0 Å². The third-order valence-corrected chi connectivity index (χ3v) is 31.4. The van der Waals surface area contributed by atoms with E-state index in [1.807, 2.05) is 0 Å². The molecule has 318 valence electrons. The van der Waals surface area contributed by atoms with Crippen molar-refractivity contribution in [3.63, 3.8) is 0 Å². The minimum absolute atomic E-state index is 0.122. The van der Waals surface area contributed by atoms with Gasteiger partial charge >= 0.3 is 0 Å². The maximum Gasteiger partial charge on any atom is 0.220 e. The van der Waals surface area contributed by atoms with Gasteiger partial charge in [0.1, 0.15) is 5.54 Å². The van der Waals surface area contributed by atoms with Crippen LogP contribution in [-0.4, -0.2) is 56.2 Å². The Labute approximate surface area is 336 Å². The molecule has 0 radical (unpaired) electrons. The molecule has 8 heteroatoms. The van der Waals surface area contributed by atoms with Crippen LogP contribution in [0.25, 0.3) is 0 Å². The van der Waals surface area contributed by atoms with Gasteiger partial charge in [-0.2, -0.15) is 0 Å². The second kappa shape index (κ2) is 24.7. The van der Waals surface area contributed by atoms with Gasteiger partial charge < -0.3 is 18.6 Å². The normalized spacial score (nSPS) is 14.0. The molecule has 0 fully saturated rings. The number of amides is 1. The summed E-state index contributed by atoms with van der Waals surface area (Å²) in [6, 6.07) is 0. The van der Waals surface area contributed by atoms with Crippen molar-refractivity contribution in [3.05, 3.63) is 0 Å². The van der Waals surface area contributed by atoms with Crippen LogP contribution in [0.3, 0.4) is 0 Å². The lowest BCUT2D eigenvalue weighted by atomic mass is 10.0. The number of nitrogens with one attached hydrogen (secondary N) is 1. The maximum atomic E-state index is 14.3. The number of hydrogen-bond donors (Lipinski definition) is 1. The van der Waals surface area contributed by atoms with E-state index in [9.17, 15) is 4.79 Å². The topological polar surface area (TPSA) is 56.8 Å². The second-order valence-electron chi connectivity index (χ2n) is 20.4. The quantitative estimate of drug-likeness (QED) is 0.0581. The van der Waals surface area contributed by atoms with Crippen LogP contribution in [0.5, 0.6) is 0 Å². The highest BCUT2D eigenvalue weighted by molar-refractivity contribution is 6.78. The van der Waals surface area contributed by atoms with Crippen molar-refractivity contribution in [2.24, 2.45) is 5.92 Å². The zero-order valence-electron chi connectivity index (χ0n) is 39.6. The van der Waals surface area contributed by atoms with E-state index in [1.165, 1.54) is 44.9 Å². The number of carbonyl (C=O) groups excluding carboxylic acids is 1.